The third-order valence-corrected chi connectivity index (χ3v) is 4.32. The summed E-state index contributed by atoms with van der Waals surface area (Å²) in [5, 5.41) is 2.14. The number of imide groups is 2. The van der Waals surface area contributed by atoms with Crippen LogP contribution >= 0.6 is 0 Å². The molecule has 0 aliphatic carbocycles. The molecule has 8 nitrogen and oxygen atoms in total. The normalized spacial score (nSPS) is 16.4. The van der Waals surface area contributed by atoms with Gasteiger partial charge in [-0.1, -0.05) is 6.07 Å². The van der Waals surface area contributed by atoms with Gasteiger partial charge in [0.15, 0.2) is 0 Å². The van der Waals surface area contributed by atoms with E-state index in [9.17, 15) is 24.0 Å². The van der Waals surface area contributed by atoms with Crippen molar-refractivity contribution in [1.29, 1.82) is 0 Å². The van der Waals surface area contributed by atoms with Gasteiger partial charge in [0.2, 0.25) is 18.2 Å². The van der Waals surface area contributed by atoms with Gasteiger partial charge in [0.25, 0.3) is 5.91 Å². The van der Waals surface area contributed by atoms with Crippen LogP contribution in [-0.4, -0.2) is 48.0 Å². The number of unbranched alkanes of at least 4 members (excludes halogenated alkanes) is 2. The van der Waals surface area contributed by atoms with Crippen molar-refractivity contribution in [3.8, 4) is 5.75 Å². The van der Waals surface area contributed by atoms with Crippen LogP contribution in [0, 0.1) is 6.92 Å². The molecule has 1 saturated heterocycles. The summed E-state index contributed by atoms with van der Waals surface area (Å²) in [5.74, 6) is -1.24. The lowest BCUT2D eigenvalue weighted by molar-refractivity contribution is -0.139. The van der Waals surface area contributed by atoms with Crippen molar-refractivity contribution in [3.05, 3.63) is 29.3 Å². The quantitative estimate of drug-likeness (QED) is 0.394. The summed E-state index contributed by atoms with van der Waals surface area (Å²) in [6, 6.07) is 3.92. The first-order valence-electron chi connectivity index (χ1n) is 8.76. The van der Waals surface area contributed by atoms with Crippen molar-refractivity contribution < 1.29 is 28.7 Å². The van der Waals surface area contributed by atoms with E-state index in [-0.39, 0.29) is 18.4 Å². The van der Waals surface area contributed by atoms with E-state index >= 15 is 0 Å². The number of benzene rings is 1. The fourth-order valence-corrected chi connectivity index (χ4v) is 2.79. The van der Waals surface area contributed by atoms with Gasteiger partial charge in [-0.2, -0.15) is 0 Å². The van der Waals surface area contributed by atoms with E-state index in [1.54, 1.807) is 19.1 Å². The zero-order valence-corrected chi connectivity index (χ0v) is 15.1. The van der Waals surface area contributed by atoms with Crippen LogP contribution in [0.5, 0.6) is 5.75 Å². The molecule has 1 aliphatic heterocycles. The van der Waals surface area contributed by atoms with Gasteiger partial charge < -0.3 is 9.53 Å². The number of aryl methyl sites for hydroxylation is 1. The van der Waals surface area contributed by atoms with Gasteiger partial charge in [-0.25, -0.2) is 0 Å². The van der Waals surface area contributed by atoms with E-state index in [1.165, 1.54) is 6.07 Å². The van der Waals surface area contributed by atoms with Gasteiger partial charge >= 0.3 is 0 Å². The summed E-state index contributed by atoms with van der Waals surface area (Å²) in [6.07, 6.45) is 3.22. The predicted octanol–water partition coefficient (Wildman–Crippen LogP) is 1.15. The van der Waals surface area contributed by atoms with Gasteiger partial charge in [-0.15, -0.1) is 0 Å². The smallest absolute Gasteiger partial charge is 0.261 e. The SMILES string of the molecule is Cc1ccc(OCCCCC=O)cc1C(=O)N(C=O)C1CCC(=O)NC1=O. The van der Waals surface area contributed by atoms with Crippen molar-refractivity contribution in [2.75, 3.05) is 6.61 Å². The number of carbonyl (C=O) groups excluding carboxylic acids is 5. The molecule has 0 radical (unpaired) electrons. The first-order valence-corrected chi connectivity index (χ1v) is 8.76. The first kappa shape index (κ1) is 20.3. The van der Waals surface area contributed by atoms with E-state index in [1.807, 2.05) is 0 Å². The second kappa shape index (κ2) is 9.61. The highest BCUT2D eigenvalue weighted by atomic mass is 16.5. The van der Waals surface area contributed by atoms with Gasteiger partial charge in [0, 0.05) is 18.4 Å². The van der Waals surface area contributed by atoms with Gasteiger partial charge in [-0.05, 0) is 43.9 Å². The molecule has 1 aromatic carbocycles. The number of nitrogens with zero attached hydrogens (tertiary/aromatic N) is 1. The number of carbonyl (C=O) groups is 5. The third kappa shape index (κ3) is 5.22. The minimum Gasteiger partial charge on any atom is -0.494 e. The molecule has 8 heteroatoms. The van der Waals surface area contributed by atoms with Crippen LogP contribution in [0.15, 0.2) is 18.2 Å². The standard InChI is InChI=1S/C19H22N2O6/c1-13-5-6-14(27-10-4-2-3-9-22)11-15(13)19(26)21(12-23)16-7-8-17(24)20-18(16)25/h5-6,9,11-12,16H,2-4,7-8,10H2,1H3,(H,20,24,25). The Balaban J connectivity index is 2.12. The molecule has 0 spiro atoms. The molecular formula is C19H22N2O6. The molecule has 1 unspecified atom stereocenters. The topological polar surface area (TPSA) is 110 Å². The molecule has 1 aromatic rings. The summed E-state index contributed by atoms with van der Waals surface area (Å²) in [5.41, 5.74) is 0.879. The predicted molar refractivity (Wildman–Crippen MR) is 95.0 cm³/mol. The summed E-state index contributed by atoms with van der Waals surface area (Å²) in [7, 11) is 0. The molecule has 1 N–H and O–H groups in total. The zero-order chi connectivity index (χ0) is 19.8. The van der Waals surface area contributed by atoms with Gasteiger partial charge in [0.1, 0.15) is 18.1 Å². The molecule has 2 rings (SSSR count). The van der Waals surface area contributed by atoms with E-state index in [2.05, 4.69) is 5.32 Å². The summed E-state index contributed by atoms with van der Waals surface area (Å²) in [6.45, 7) is 2.11. The monoisotopic (exact) mass is 374 g/mol. The largest absolute Gasteiger partial charge is 0.494 e. The van der Waals surface area contributed by atoms with E-state index < -0.39 is 23.8 Å². The van der Waals surface area contributed by atoms with Crippen molar-refractivity contribution >= 4 is 30.4 Å². The lowest BCUT2D eigenvalue weighted by Gasteiger charge is -2.28. The zero-order valence-electron chi connectivity index (χ0n) is 15.1. The average molecular weight is 374 g/mol. The molecule has 1 aliphatic rings. The highest BCUT2D eigenvalue weighted by Gasteiger charge is 2.35. The number of amides is 4. The molecule has 0 aromatic heterocycles. The Morgan fingerprint density at radius 1 is 1.30 bits per heavy atom. The lowest BCUT2D eigenvalue weighted by Crippen LogP contribution is -2.53. The van der Waals surface area contributed by atoms with Crippen molar-refractivity contribution in [1.82, 2.24) is 10.2 Å². The molecule has 1 heterocycles. The molecule has 0 bridgehead atoms. The second-order valence-electron chi connectivity index (χ2n) is 6.27. The summed E-state index contributed by atoms with van der Waals surface area (Å²) >= 11 is 0. The Kier molecular flexibility index (Phi) is 7.22. The molecule has 4 amide bonds. The number of ether oxygens (including phenoxy) is 1. The van der Waals surface area contributed by atoms with Crippen LogP contribution < -0.4 is 10.1 Å². The minimum absolute atomic E-state index is 0.0664. The number of hydrogen-bond acceptors (Lipinski definition) is 6. The number of hydrogen-bond donors (Lipinski definition) is 1. The molecule has 144 valence electrons. The summed E-state index contributed by atoms with van der Waals surface area (Å²) < 4.78 is 5.59. The molecule has 1 fully saturated rings. The fraction of sp³-hybridized carbons (Fsp3) is 0.421. The second-order valence-corrected chi connectivity index (χ2v) is 6.27. The Labute approximate surface area is 156 Å². The highest BCUT2D eigenvalue weighted by Crippen LogP contribution is 2.21. The molecule has 27 heavy (non-hydrogen) atoms. The van der Waals surface area contributed by atoms with Crippen LogP contribution in [0.4, 0.5) is 0 Å². The number of rotatable bonds is 9. The lowest BCUT2D eigenvalue weighted by atomic mass is 10.0. The Morgan fingerprint density at radius 2 is 2.07 bits per heavy atom. The van der Waals surface area contributed by atoms with Crippen molar-refractivity contribution in [2.45, 2.75) is 45.1 Å². The number of nitrogens with one attached hydrogen (secondary N) is 1. The maximum absolute atomic E-state index is 12.8. The Morgan fingerprint density at radius 3 is 2.74 bits per heavy atom. The molecule has 1 atom stereocenters. The summed E-state index contributed by atoms with van der Waals surface area (Å²) in [4.78, 5) is 58.7. The van der Waals surface area contributed by atoms with Gasteiger partial charge in [0.05, 0.1) is 6.61 Å². The van der Waals surface area contributed by atoms with Crippen LogP contribution in [-0.2, 0) is 19.2 Å². The Hall–Kier alpha value is -3.03. The van der Waals surface area contributed by atoms with E-state index in [0.717, 1.165) is 17.6 Å². The maximum atomic E-state index is 12.8. The van der Waals surface area contributed by atoms with Crippen LogP contribution in [0.25, 0.3) is 0 Å². The van der Waals surface area contributed by atoms with Crippen LogP contribution in [0.1, 0.15) is 48.0 Å². The third-order valence-electron chi connectivity index (χ3n) is 4.32. The maximum Gasteiger partial charge on any atom is 0.261 e. The fourth-order valence-electron chi connectivity index (χ4n) is 2.79. The first-order chi connectivity index (χ1) is 13.0. The minimum atomic E-state index is -1.01. The number of aldehydes is 1. The Bertz CT molecular complexity index is 746. The van der Waals surface area contributed by atoms with Crippen molar-refractivity contribution in [3.63, 3.8) is 0 Å². The molecular weight excluding hydrogens is 352 g/mol. The van der Waals surface area contributed by atoms with Crippen LogP contribution in [0.3, 0.4) is 0 Å². The van der Waals surface area contributed by atoms with E-state index in [0.29, 0.717) is 37.2 Å². The van der Waals surface area contributed by atoms with Crippen LogP contribution in [0.2, 0.25) is 0 Å². The van der Waals surface area contributed by atoms with Crippen molar-refractivity contribution in [2.24, 2.45) is 0 Å². The average Bonchev–Trinajstić information content (AvgIpc) is 2.65. The van der Waals surface area contributed by atoms with Gasteiger partial charge in [-0.3, -0.25) is 29.4 Å². The van der Waals surface area contributed by atoms with E-state index in [4.69, 9.17) is 4.74 Å². The molecule has 0 saturated carbocycles. The highest BCUT2D eigenvalue weighted by molar-refractivity contribution is 6.07. The number of piperidine rings is 1.